The lowest BCUT2D eigenvalue weighted by Gasteiger charge is -2.30. The minimum atomic E-state index is -0.474. The molecule has 2 aromatic rings. The number of carbonyl (C=O) groups is 1. The number of nitrogens with one attached hydrogen (secondary N) is 2. The van der Waals surface area contributed by atoms with Gasteiger partial charge in [-0.1, -0.05) is 11.6 Å². The number of aromatic nitrogens is 1. The Morgan fingerprint density at radius 2 is 2.00 bits per heavy atom. The molecule has 0 spiro atoms. The number of anilines is 1. The Morgan fingerprint density at radius 1 is 1.25 bits per heavy atom. The van der Waals surface area contributed by atoms with E-state index >= 15 is 0 Å². The highest BCUT2D eigenvalue weighted by Crippen LogP contribution is 2.27. The maximum Gasteiger partial charge on any atom is 0.253 e. The summed E-state index contributed by atoms with van der Waals surface area (Å²) in [6.07, 6.45) is 4.53. The van der Waals surface area contributed by atoms with E-state index in [0.717, 1.165) is 38.8 Å². The van der Waals surface area contributed by atoms with Crippen LogP contribution in [0.5, 0.6) is 5.75 Å². The normalized spacial score (nSPS) is 21.0. The average Bonchev–Trinajstić information content (AvgIpc) is 2.81. The second-order valence-electron chi connectivity index (χ2n) is 8.08. The third-order valence-corrected chi connectivity index (χ3v) is 6.19. The summed E-state index contributed by atoms with van der Waals surface area (Å²) in [5.74, 6) is 0.139. The molecule has 0 unspecified atom stereocenters. The molecule has 1 saturated carbocycles. The fourth-order valence-corrected chi connectivity index (χ4v) is 4.32. The summed E-state index contributed by atoms with van der Waals surface area (Å²) < 4.78 is 20.5. The van der Waals surface area contributed by atoms with Crippen LogP contribution < -0.4 is 20.3 Å². The third kappa shape index (κ3) is 5.29. The molecular weight excluding hydrogens is 433 g/mol. The number of piperazine rings is 1. The molecular formula is C23H25ClFN5O2. The zero-order chi connectivity index (χ0) is 22.5. The molecule has 2 aliphatic rings. The van der Waals surface area contributed by atoms with Crippen molar-refractivity contribution < 1.29 is 13.9 Å². The second-order valence-corrected chi connectivity index (χ2v) is 8.49. The van der Waals surface area contributed by atoms with Crippen LogP contribution in [0.1, 0.15) is 41.6 Å². The van der Waals surface area contributed by atoms with Gasteiger partial charge < -0.3 is 20.3 Å². The molecule has 1 aliphatic heterocycles. The molecule has 7 nitrogen and oxygen atoms in total. The van der Waals surface area contributed by atoms with Gasteiger partial charge in [-0.3, -0.25) is 4.79 Å². The van der Waals surface area contributed by atoms with Gasteiger partial charge in [-0.2, -0.15) is 5.26 Å². The van der Waals surface area contributed by atoms with E-state index in [4.69, 9.17) is 21.6 Å². The number of amides is 1. The van der Waals surface area contributed by atoms with Crippen molar-refractivity contribution in [1.82, 2.24) is 15.6 Å². The van der Waals surface area contributed by atoms with Crippen LogP contribution in [0.3, 0.4) is 0 Å². The second kappa shape index (κ2) is 10.2. The molecule has 1 aromatic carbocycles. The predicted molar refractivity (Wildman–Crippen MR) is 120 cm³/mol. The Labute approximate surface area is 191 Å². The van der Waals surface area contributed by atoms with Gasteiger partial charge in [0, 0.05) is 44.5 Å². The fraction of sp³-hybridized carbons (Fsp3) is 0.435. The van der Waals surface area contributed by atoms with Crippen LogP contribution >= 0.6 is 11.6 Å². The highest BCUT2D eigenvalue weighted by Gasteiger charge is 2.25. The summed E-state index contributed by atoms with van der Waals surface area (Å²) in [5.41, 5.74) is 0.643. The molecule has 0 atom stereocenters. The van der Waals surface area contributed by atoms with E-state index in [2.05, 4.69) is 15.6 Å². The highest BCUT2D eigenvalue weighted by molar-refractivity contribution is 6.31. The largest absolute Gasteiger partial charge is 0.490 e. The first-order chi connectivity index (χ1) is 15.5. The van der Waals surface area contributed by atoms with Gasteiger partial charge in [0.2, 0.25) is 0 Å². The van der Waals surface area contributed by atoms with Crippen LogP contribution in [0.15, 0.2) is 30.5 Å². The Bertz CT molecular complexity index is 1010. The Kier molecular flexibility index (Phi) is 7.08. The molecule has 4 rings (SSSR count). The van der Waals surface area contributed by atoms with E-state index < -0.39 is 5.82 Å². The SMILES string of the molecule is N#Cc1ccc(OC2CCC(NC(=O)c3cnc(N4CCNCC4)c(F)c3)CC2)cc1Cl. The molecule has 1 aromatic heterocycles. The van der Waals surface area contributed by atoms with Gasteiger partial charge in [-0.15, -0.1) is 0 Å². The zero-order valence-corrected chi connectivity index (χ0v) is 18.4. The van der Waals surface area contributed by atoms with Gasteiger partial charge in [0.05, 0.1) is 22.3 Å². The van der Waals surface area contributed by atoms with Crippen molar-refractivity contribution in [3.8, 4) is 11.8 Å². The number of hydrogen-bond acceptors (Lipinski definition) is 6. The van der Waals surface area contributed by atoms with Crippen molar-refractivity contribution in [1.29, 1.82) is 5.26 Å². The van der Waals surface area contributed by atoms with E-state index in [1.165, 1.54) is 12.3 Å². The lowest BCUT2D eigenvalue weighted by molar-refractivity contribution is 0.0893. The first-order valence-corrected chi connectivity index (χ1v) is 11.2. The van der Waals surface area contributed by atoms with Crippen molar-refractivity contribution in [2.24, 2.45) is 0 Å². The van der Waals surface area contributed by atoms with Crippen LogP contribution in [0.2, 0.25) is 5.02 Å². The van der Waals surface area contributed by atoms with E-state index in [0.29, 0.717) is 35.2 Å². The molecule has 2 heterocycles. The summed E-state index contributed by atoms with van der Waals surface area (Å²) in [7, 11) is 0. The number of pyridine rings is 1. The predicted octanol–water partition coefficient (Wildman–Crippen LogP) is 3.28. The number of carbonyl (C=O) groups excluding carboxylic acids is 1. The number of nitrogens with zero attached hydrogens (tertiary/aromatic N) is 3. The van der Waals surface area contributed by atoms with Crippen molar-refractivity contribution in [2.45, 2.75) is 37.8 Å². The van der Waals surface area contributed by atoms with Crippen LogP contribution in [0.4, 0.5) is 10.2 Å². The topological polar surface area (TPSA) is 90.3 Å². The Balaban J connectivity index is 1.28. The number of ether oxygens (including phenoxy) is 1. The van der Waals surface area contributed by atoms with E-state index in [9.17, 15) is 9.18 Å². The first-order valence-electron chi connectivity index (χ1n) is 10.8. The van der Waals surface area contributed by atoms with E-state index in [-0.39, 0.29) is 23.6 Å². The standard InChI is InChI=1S/C23H25ClFN5O2/c24-20-12-19(4-1-15(20)13-26)32-18-5-2-17(3-6-18)29-23(31)16-11-21(25)22(28-14-16)30-9-7-27-8-10-30/h1,4,11-12,14,17-18,27H,2-3,5-10H2,(H,29,31). The van der Waals surface area contributed by atoms with Gasteiger partial charge >= 0.3 is 0 Å². The molecule has 32 heavy (non-hydrogen) atoms. The van der Waals surface area contributed by atoms with E-state index in [1.807, 2.05) is 11.0 Å². The summed E-state index contributed by atoms with van der Waals surface area (Å²) in [6.45, 7) is 2.95. The molecule has 0 radical (unpaired) electrons. The third-order valence-electron chi connectivity index (χ3n) is 5.87. The van der Waals surface area contributed by atoms with Gasteiger partial charge in [0.25, 0.3) is 5.91 Å². The zero-order valence-electron chi connectivity index (χ0n) is 17.6. The van der Waals surface area contributed by atoms with Crippen LogP contribution in [0, 0.1) is 17.1 Å². The highest BCUT2D eigenvalue weighted by atomic mass is 35.5. The number of halogens is 2. The van der Waals surface area contributed by atoms with Crippen molar-refractivity contribution in [3.05, 3.63) is 52.4 Å². The first kappa shape index (κ1) is 22.3. The molecule has 1 amide bonds. The maximum atomic E-state index is 14.6. The fourth-order valence-electron chi connectivity index (χ4n) is 4.11. The van der Waals surface area contributed by atoms with Gasteiger partial charge in [0.1, 0.15) is 11.8 Å². The Hall–Kier alpha value is -2.89. The van der Waals surface area contributed by atoms with Crippen LogP contribution in [-0.2, 0) is 0 Å². The summed E-state index contributed by atoms with van der Waals surface area (Å²) in [6, 6.07) is 8.33. The van der Waals surface area contributed by atoms with Gasteiger partial charge in [-0.25, -0.2) is 9.37 Å². The number of nitriles is 1. The molecule has 168 valence electrons. The van der Waals surface area contributed by atoms with E-state index in [1.54, 1.807) is 18.2 Å². The minimum absolute atomic E-state index is 0.00260. The van der Waals surface area contributed by atoms with Crippen LogP contribution in [0.25, 0.3) is 0 Å². The molecule has 2 fully saturated rings. The number of rotatable bonds is 5. The summed E-state index contributed by atoms with van der Waals surface area (Å²) in [5, 5.41) is 15.5. The lowest BCUT2D eigenvalue weighted by Crippen LogP contribution is -2.44. The number of hydrogen-bond donors (Lipinski definition) is 2. The number of benzene rings is 1. The smallest absolute Gasteiger partial charge is 0.253 e. The minimum Gasteiger partial charge on any atom is -0.490 e. The molecule has 2 N–H and O–H groups in total. The van der Waals surface area contributed by atoms with Crippen molar-refractivity contribution in [3.63, 3.8) is 0 Å². The summed E-state index contributed by atoms with van der Waals surface area (Å²) in [4.78, 5) is 18.7. The van der Waals surface area contributed by atoms with Gasteiger partial charge in [0.15, 0.2) is 11.6 Å². The van der Waals surface area contributed by atoms with Crippen molar-refractivity contribution >= 4 is 23.3 Å². The average molecular weight is 458 g/mol. The molecule has 1 saturated heterocycles. The monoisotopic (exact) mass is 457 g/mol. The quantitative estimate of drug-likeness (QED) is 0.716. The summed E-state index contributed by atoms with van der Waals surface area (Å²) >= 11 is 6.06. The molecule has 9 heteroatoms. The maximum absolute atomic E-state index is 14.6. The van der Waals surface area contributed by atoms with Crippen LogP contribution in [-0.4, -0.2) is 49.2 Å². The molecule has 0 bridgehead atoms. The lowest BCUT2D eigenvalue weighted by atomic mass is 9.92. The van der Waals surface area contributed by atoms with Gasteiger partial charge in [-0.05, 0) is 43.9 Å². The van der Waals surface area contributed by atoms with Crippen molar-refractivity contribution in [2.75, 3.05) is 31.1 Å². The molecule has 1 aliphatic carbocycles. The Morgan fingerprint density at radius 3 is 2.66 bits per heavy atom.